The first-order valence-electron chi connectivity index (χ1n) is 5.07. The molecule has 1 aliphatic rings. The fourth-order valence-electron chi connectivity index (χ4n) is 1.94. The highest BCUT2D eigenvalue weighted by Gasteiger charge is 2.32. The molecule has 0 spiro atoms. The van der Waals surface area contributed by atoms with Crippen molar-refractivity contribution in [1.82, 2.24) is 0 Å². The Labute approximate surface area is 91.5 Å². The first-order chi connectivity index (χ1) is 7.50. The van der Waals surface area contributed by atoms with E-state index >= 15 is 0 Å². The molecular weight excluding hydrogens is 215 g/mol. The second-order valence-corrected chi connectivity index (χ2v) is 4.11. The van der Waals surface area contributed by atoms with Crippen molar-refractivity contribution in [2.75, 3.05) is 0 Å². The molecule has 1 saturated carbocycles. The molecule has 4 heteroatoms. The maximum absolute atomic E-state index is 12.3. The maximum Gasteiger partial charge on any atom is 0.416 e. The van der Waals surface area contributed by atoms with Crippen LogP contribution in [0.15, 0.2) is 24.3 Å². The van der Waals surface area contributed by atoms with Gasteiger partial charge < -0.3 is 0 Å². The highest BCUT2D eigenvalue weighted by molar-refractivity contribution is 5.29. The van der Waals surface area contributed by atoms with Crippen LogP contribution in [0.1, 0.15) is 29.9 Å². The Morgan fingerprint density at radius 2 is 1.69 bits per heavy atom. The van der Waals surface area contributed by atoms with Crippen LogP contribution in [-0.2, 0) is 6.18 Å². The highest BCUT2D eigenvalue weighted by atomic mass is 19.4. The molecule has 2 rings (SSSR count). The van der Waals surface area contributed by atoms with Gasteiger partial charge in [-0.05, 0) is 36.5 Å². The fraction of sp³-hybridized carbons (Fsp3) is 0.417. The fourth-order valence-corrected chi connectivity index (χ4v) is 1.94. The number of nitrogens with zero attached hydrogens (tertiary/aromatic N) is 1. The molecule has 0 unspecified atom stereocenters. The van der Waals surface area contributed by atoms with E-state index in [0.29, 0.717) is 0 Å². The molecule has 1 aromatic rings. The summed E-state index contributed by atoms with van der Waals surface area (Å²) in [7, 11) is 0. The molecule has 1 nitrogen and oxygen atoms in total. The molecular formula is C12H10F3N. The van der Waals surface area contributed by atoms with E-state index in [-0.39, 0.29) is 11.8 Å². The van der Waals surface area contributed by atoms with Crippen molar-refractivity contribution in [3.63, 3.8) is 0 Å². The lowest BCUT2D eigenvalue weighted by molar-refractivity contribution is -0.137. The van der Waals surface area contributed by atoms with Crippen LogP contribution < -0.4 is 0 Å². The van der Waals surface area contributed by atoms with E-state index in [4.69, 9.17) is 5.26 Å². The molecule has 16 heavy (non-hydrogen) atoms. The maximum atomic E-state index is 12.3. The third-order valence-corrected chi connectivity index (χ3v) is 3.03. The lowest BCUT2D eigenvalue weighted by Gasteiger charge is -2.31. The summed E-state index contributed by atoms with van der Waals surface area (Å²) in [6.07, 6.45) is -2.74. The molecule has 0 N–H and O–H groups in total. The molecule has 1 fully saturated rings. The summed E-state index contributed by atoms with van der Waals surface area (Å²) in [4.78, 5) is 0. The molecule has 0 heterocycles. The Kier molecular flexibility index (Phi) is 2.63. The van der Waals surface area contributed by atoms with Gasteiger partial charge in [-0.2, -0.15) is 18.4 Å². The minimum absolute atomic E-state index is 0.0762. The summed E-state index contributed by atoms with van der Waals surface area (Å²) in [5.74, 6) is 0.333. The molecule has 0 amide bonds. The topological polar surface area (TPSA) is 23.8 Å². The molecule has 0 aromatic heterocycles. The molecule has 0 saturated heterocycles. The van der Waals surface area contributed by atoms with Crippen LogP contribution in [0.5, 0.6) is 0 Å². The van der Waals surface area contributed by atoms with E-state index in [1.807, 2.05) is 0 Å². The Balaban J connectivity index is 2.07. The number of hydrogen-bond acceptors (Lipinski definition) is 1. The van der Waals surface area contributed by atoms with Gasteiger partial charge in [-0.25, -0.2) is 0 Å². The largest absolute Gasteiger partial charge is 0.416 e. The van der Waals surface area contributed by atoms with E-state index < -0.39 is 11.7 Å². The van der Waals surface area contributed by atoms with Gasteiger partial charge in [-0.15, -0.1) is 0 Å². The van der Waals surface area contributed by atoms with Gasteiger partial charge in [0.05, 0.1) is 11.6 Å². The van der Waals surface area contributed by atoms with Crippen molar-refractivity contribution in [2.45, 2.75) is 24.9 Å². The Morgan fingerprint density at radius 1 is 1.12 bits per heavy atom. The number of benzene rings is 1. The van der Waals surface area contributed by atoms with Gasteiger partial charge in [0, 0.05) is 5.92 Å². The van der Waals surface area contributed by atoms with Gasteiger partial charge in [-0.3, -0.25) is 0 Å². The Bertz CT molecular complexity index is 407. The summed E-state index contributed by atoms with van der Waals surface area (Å²) >= 11 is 0. The van der Waals surface area contributed by atoms with Crippen LogP contribution in [-0.4, -0.2) is 0 Å². The molecule has 84 valence electrons. The zero-order chi connectivity index (χ0) is 11.8. The van der Waals surface area contributed by atoms with Crippen LogP contribution in [0.4, 0.5) is 13.2 Å². The van der Waals surface area contributed by atoms with Crippen LogP contribution in [0, 0.1) is 17.2 Å². The van der Waals surface area contributed by atoms with Gasteiger partial charge in [0.2, 0.25) is 0 Å². The zero-order valence-corrected chi connectivity index (χ0v) is 8.46. The van der Waals surface area contributed by atoms with Crippen molar-refractivity contribution >= 4 is 0 Å². The van der Waals surface area contributed by atoms with E-state index in [1.165, 1.54) is 12.1 Å². The Morgan fingerprint density at radius 3 is 2.12 bits per heavy atom. The third-order valence-electron chi connectivity index (χ3n) is 3.03. The van der Waals surface area contributed by atoms with Crippen LogP contribution in [0.25, 0.3) is 0 Å². The monoisotopic (exact) mass is 225 g/mol. The lowest BCUT2D eigenvalue weighted by Crippen LogP contribution is -2.20. The molecule has 1 aliphatic carbocycles. The van der Waals surface area contributed by atoms with Crippen LogP contribution in [0.3, 0.4) is 0 Å². The van der Waals surface area contributed by atoms with E-state index in [2.05, 4.69) is 6.07 Å². The van der Waals surface area contributed by atoms with Gasteiger partial charge in [0.15, 0.2) is 0 Å². The smallest absolute Gasteiger partial charge is 0.198 e. The van der Waals surface area contributed by atoms with Gasteiger partial charge in [0.25, 0.3) is 0 Å². The quantitative estimate of drug-likeness (QED) is 0.714. The Hall–Kier alpha value is -1.50. The number of alkyl halides is 3. The second kappa shape index (κ2) is 3.82. The minimum atomic E-state index is -4.27. The number of rotatable bonds is 1. The van der Waals surface area contributed by atoms with Crippen molar-refractivity contribution in [2.24, 2.45) is 5.92 Å². The lowest BCUT2D eigenvalue weighted by atomic mass is 9.72. The molecule has 0 aliphatic heterocycles. The molecule has 0 bridgehead atoms. The SMILES string of the molecule is N#CC1CC(c2ccc(C(F)(F)F)cc2)C1. The standard InChI is InChI=1S/C12H10F3N/c13-12(14,15)11-3-1-9(2-4-11)10-5-8(6-10)7-16/h1-4,8,10H,5-6H2. The molecule has 0 radical (unpaired) electrons. The normalized spacial score (nSPS) is 24.6. The number of hydrogen-bond donors (Lipinski definition) is 0. The van der Waals surface area contributed by atoms with E-state index in [0.717, 1.165) is 30.5 Å². The van der Waals surface area contributed by atoms with Crippen molar-refractivity contribution in [3.8, 4) is 6.07 Å². The second-order valence-electron chi connectivity index (χ2n) is 4.11. The van der Waals surface area contributed by atoms with Crippen LogP contribution >= 0.6 is 0 Å². The van der Waals surface area contributed by atoms with Crippen molar-refractivity contribution in [3.05, 3.63) is 35.4 Å². The van der Waals surface area contributed by atoms with Gasteiger partial charge >= 0.3 is 6.18 Å². The summed E-state index contributed by atoms with van der Waals surface area (Å²) < 4.78 is 36.9. The summed E-state index contributed by atoms with van der Waals surface area (Å²) in [6, 6.07) is 7.40. The zero-order valence-electron chi connectivity index (χ0n) is 8.46. The highest BCUT2D eigenvalue weighted by Crippen LogP contribution is 2.41. The summed E-state index contributed by atoms with van der Waals surface area (Å²) in [6.45, 7) is 0. The first kappa shape index (κ1) is 11.0. The predicted molar refractivity (Wildman–Crippen MR) is 52.5 cm³/mol. The predicted octanol–water partition coefficient (Wildman–Crippen LogP) is 3.72. The summed E-state index contributed by atoms with van der Waals surface area (Å²) in [5, 5.41) is 8.60. The molecule has 1 aromatic carbocycles. The van der Waals surface area contributed by atoms with Crippen LogP contribution in [0.2, 0.25) is 0 Å². The number of nitriles is 1. The van der Waals surface area contributed by atoms with Gasteiger partial charge in [-0.1, -0.05) is 12.1 Å². The third kappa shape index (κ3) is 2.04. The molecule has 0 atom stereocenters. The average Bonchev–Trinajstić information content (AvgIpc) is 2.15. The average molecular weight is 225 g/mol. The van der Waals surface area contributed by atoms with Crippen molar-refractivity contribution in [1.29, 1.82) is 5.26 Å². The first-order valence-corrected chi connectivity index (χ1v) is 5.07. The minimum Gasteiger partial charge on any atom is -0.198 e. The van der Waals surface area contributed by atoms with E-state index in [9.17, 15) is 13.2 Å². The number of halogens is 3. The van der Waals surface area contributed by atoms with Crippen molar-refractivity contribution < 1.29 is 13.2 Å². The van der Waals surface area contributed by atoms with E-state index in [1.54, 1.807) is 0 Å². The van der Waals surface area contributed by atoms with Gasteiger partial charge in [0.1, 0.15) is 0 Å². The summed E-state index contributed by atoms with van der Waals surface area (Å²) in [5.41, 5.74) is 0.284.